The fraction of sp³-hybridized carbons (Fsp3) is 0.500. The Hall–Kier alpha value is -2.98. The van der Waals surface area contributed by atoms with Crippen LogP contribution in [0.4, 0.5) is 4.79 Å². The highest BCUT2D eigenvalue weighted by Crippen LogP contribution is 2.18. The molecule has 0 spiro atoms. The summed E-state index contributed by atoms with van der Waals surface area (Å²) >= 11 is 0. The van der Waals surface area contributed by atoms with Crippen molar-refractivity contribution in [1.82, 2.24) is 15.1 Å². The molecule has 0 radical (unpaired) electrons. The van der Waals surface area contributed by atoms with Crippen LogP contribution in [0.3, 0.4) is 0 Å². The summed E-state index contributed by atoms with van der Waals surface area (Å²) in [6, 6.07) is 5.48. The topological polar surface area (TPSA) is 136 Å². The maximum Gasteiger partial charge on any atom is 0.331 e. The predicted molar refractivity (Wildman–Crippen MR) is 105 cm³/mol. The number of hydrogen-bond acceptors (Lipinski definition) is 7. The number of hydrogen-bond donors (Lipinski definition) is 3. The molecule has 10 heteroatoms. The van der Waals surface area contributed by atoms with E-state index in [1.165, 1.54) is 18.9 Å². The molecule has 0 bridgehead atoms. The molecule has 1 fully saturated rings. The van der Waals surface area contributed by atoms with Crippen molar-refractivity contribution in [2.75, 3.05) is 26.8 Å². The Kier molecular flexibility index (Phi) is 8.31. The number of carboxylic acids is 1. The van der Waals surface area contributed by atoms with Gasteiger partial charge in [0.15, 0.2) is 6.04 Å². The number of ether oxygens (including phenoxy) is 1. The van der Waals surface area contributed by atoms with Crippen molar-refractivity contribution in [3.63, 3.8) is 0 Å². The highest BCUT2D eigenvalue weighted by molar-refractivity contribution is 6.03. The van der Waals surface area contributed by atoms with E-state index in [2.05, 4.69) is 5.32 Å². The molecule has 1 saturated heterocycles. The van der Waals surface area contributed by atoms with Crippen molar-refractivity contribution in [1.29, 1.82) is 0 Å². The van der Waals surface area contributed by atoms with Crippen LogP contribution in [0, 0.1) is 0 Å². The SMILES string of the molecule is CC(NC(CCc1ccccc1)C(=O)O)C(=O)N1C(=O)N(C)CC1C(=O)OCCO. The molecule has 1 heterocycles. The summed E-state index contributed by atoms with van der Waals surface area (Å²) in [5.74, 6) is -2.64. The molecule has 2 rings (SSSR count). The third-order valence-electron chi connectivity index (χ3n) is 4.82. The van der Waals surface area contributed by atoms with Gasteiger partial charge in [-0.3, -0.25) is 14.9 Å². The van der Waals surface area contributed by atoms with Gasteiger partial charge in [0.2, 0.25) is 5.91 Å². The van der Waals surface area contributed by atoms with Crippen LogP contribution in [0.25, 0.3) is 0 Å². The van der Waals surface area contributed by atoms with Crippen molar-refractivity contribution in [2.45, 2.75) is 37.9 Å². The Morgan fingerprint density at radius 2 is 1.93 bits per heavy atom. The maximum atomic E-state index is 12.9. The lowest BCUT2D eigenvalue weighted by Crippen LogP contribution is -2.54. The second kappa shape index (κ2) is 10.7. The number of carbonyl (C=O) groups excluding carboxylic acids is 3. The van der Waals surface area contributed by atoms with E-state index in [0.717, 1.165) is 10.5 Å². The average molecular weight is 421 g/mol. The van der Waals surface area contributed by atoms with Crippen LogP contribution < -0.4 is 5.32 Å². The molecular weight excluding hydrogens is 394 g/mol. The van der Waals surface area contributed by atoms with Crippen molar-refractivity contribution < 1.29 is 34.1 Å². The average Bonchev–Trinajstić information content (AvgIpc) is 3.03. The fourth-order valence-corrected chi connectivity index (χ4v) is 3.22. The molecule has 0 saturated carbocycles. The van der Waals surface area contributed by atoms with Crippen molar-refractivity contribution in [2.24, 2.45) is 0 Å². The number of aliphatic carboxylic acids is 1. The number of esters is 1. The van der Waals surface area contributed by atoms with E-state index in [9.17, 15) is 24.3 Å². The third-order valence-corrected chi connectivity index (χ3v) is 4.82. The number of imide groups is 1. The van der Waals surface area contributed by atoms with Crippen LogP contribution in [-0.2, 0) is 25.5 Å². The molecule has 3 N–H and O–H groups in total. The lowest BCUT2D eigenvalue weighted by Gasteiger charge is -2.26. The van der Waals surface area contributed by atoms with Gasteiger partial charge in [0, 0.05) is 7.05 Å². The van der Waals surface area contributed by atoms with Gasteiger partial charge in [0.05, 0.1) is 19.2 Å². The summed E-state index contributed by atoms with van der Waals surface area (Å²) in [6.45, 7) is 0.778. The van der Waals surface area contributed by atoms with Gasteiger partial charge in [-0.1, -0.05) is 30.3 Å². The fourth-order valence-electron chi connectivity index (χ4n) is 3.22. The van der Waals surface area contributed by atoms with E-state index in [1.807, 2.05) is 30.3 Å². The summed E-state index contributed by atoms with van der Waals surface area (Å²) in [7, 11) is 1.44. The highest BCUT2D eigenvalue weighted by Gasteiger charge is 2.46. The van der Waals surface area contributed by atoms with Gasteiger partial charge in [-0.25, -0.2) is 14.5 Å². The van der Waals surface area contributed by atoms with Gasteiger partial charge in [0.25, 0.3) is 0 Å². The minimum atomic E-state index is -1.15. The third kappa shape index (κ3) is 5.77. The molecule has 3 unspecified atom stereocenters. The Bertz CT molecular complexity index is 771. The zero-order chi connectivity index (χ0) is 22.3. The molecule has 30 heavy (non-hydrogen) atoms. The van der Waals surface area contributed by atoms with E-state index in [0.29, 0.717) is 6.42 Å². The van der Waals surface area contributed by atoms with Gasteiger partial charge >= 0.3 is 18.0 Å². The van der Waals surface area contributed by atoms with Crippen LogP contribution in [0.1, 0.15) is 18.9 Å². The first-order valence-corrected chi connectivity index (χ1v) is 9.64. The normalized spacial score (nSPS) is 18.2. The van der Waals surface area contributed by atoms with Crippen molar-refractivity contribution in [3.05, 3.63) is 35.9 Å². The lowest BCUT2D eigenvalue weighted by molar-refractivity contribution is -0.153. The number of rotatable bonds is 10. The summed E-state index contributed by atoms with van der Waals surface area (Å²) in [5.41, 5.74) is 0.965. The highest BCUT2D eigenvalue weighted by atomic mass is 16.5. The van der Waals surface area contributed by atoms with E-state index >= 15 is 0 Å². The summed E-state index contributed by atoms with van der Waals surface area (Å²) in [5, 5.41) is 21.1. The van der Waals surface area contributed by atoms with Gasteiger partial charge in [-0.15, -0.1) is 0 Å². The largest absolute Gasteiger partial charge is 0.480 e. The number of nitrogens with zero attached hydrogens (tertiary/aromatic N) is 2. The molecular formula is C20H27N3O7. The summed E-state index contributed by atoms with van der Waals surface area (Å²) in [6.07, 6.45) is 0.736. The Labute approximate surface area is 174 Å². The number of aliphatic hydroxyl groups excluding tert-OH is 1. The second-order valence-electron chi connectivity index (χ2n) is 7.08. The van der Waals surface area contributed by atoms with Gasteiger partial charge in [-0.2, -0.15) is 0 Å². The van der Waals surface area contributed by atoms with Crippen molar-refractivity contribution in [3.8, 4) is 0 Å². The monoisotopic (exact) mass is 421 g/mol. The molecule has 10 nitrogen and oxygen atoms in total. The summed E-state index contributed by atoms with van der Waals surface area (Å²) in [4.78, 5) is 51.1. The number of urea groups is 1. The molecule has 1 aromatic carbocycles. The minimum absolute atomic E-state index is 0.0437. The predicted octanol–water partition coefficient (Wildman–Crippen LogP) is -0.151. The first-order chi connectivity index (χ1) is 14.3. The van der Waals surface area contributed by atoms with Gasteiger partial charge < -0.3 is 19.8 Å². The number of benzene rings is 1. The maximum absolute atomic E-state index is 12.9. The Morgan fingerprint density at radius 1 is 1.27 bits per heavy atom. The zero-order valence-corrected chi connectivity index (χ0v) is 17.0. The Morgan fingerprint density at radius 3 is 2.53 bits per heavy atom. The van der Waals surface area contributed by atoms with Gasteiger partial charge in [-0.05, 0) is 25.3 Å². The molecule has 0 aliphatic carbocycles. The molecule has 1 aromatic rings. The van der Waals surface area contributed by atoms with Crippen LogP contribution in [0.15, 0.2) is 30.3 Å². The van der Waals surface area contributed by atoms with Crippen LogP contribution >= 0.6 is 0 Å². The molecule has 0 aromatic heterocycles. The lowest BCUT2D eigenvalue weighted by atomic mass is 10.0. The van der Waals surface area contributed by atoms with Gasteiger partial charge in [0.1, 0.15) is 12.6 Å². The molecule has 3 amide bonds. The second-order valence-corrected chi connectivity index (χ2v) is 7.08. The van der Waals surface area contributed by atoms with Crippen LogP contribution in [0.2, 0.25) is 0 Å². The molecule has 1 aliphatic heterocycles. The standard InChI is InChI=1S/C20H27N3O7/c1-13(21-15(18(26)27)9-8-14-6-4-3-5-7-14)17(25)23-16(12-22(2)20(23)29)19(28)30-11-10-24/h3-7,13,15-16,21,24H,8-12H2,1-2H3,(H,26,27). The van der Waals surface area contributed by atoms with Crippen LogP contribution in [-0.4, -0.2) is 88.8 Å². The molecule has 1 aliphatic rings. The van der Waals surface area contributed by atoms with E-state index in [4.69, 9.17) is 9.84 Å². The van der Waals surface area contributed by atoms with E-state index in [1.54, 1.807) is 0 Å². The van der Waals surface area contributed by atoms with Crippen LogP contribution in [0.5, 0.6) is 0 Å². The number of aliphatic hydroxyl groups is 1. The van der Waals surface area contributed by atoms with E-state index < -0.39 is 42.0 Å². The quantitative estimate of drug-likeness (QED) is 0.444. The molecule has 164 valence electrons. The van der Waals surface area contributed by atoms with E-state index in [-0.39, 0.29) is 26.2 Å². The number of likely N-dealkylation sites (N-methyl/N-ethyl adjacent to an activating group) is 1. The number of aryl methyl sites for hydroxylation is 1. The molecule has 3 atom stereocenters. The summed E-state index contributed by atoms with van der Waals surface area (Å²) < 4.78 is 4.86. The number of carbonyl (C=O) groups is 4. The minimum Gasteiger partial charge on any atom is -0.480 e. The first kappa shape index (κ1) is 23.3. The smallest absolute Gasteiger partial charge is 0.331 e. The van der Waals surface area contributed by atoms with Crippen molar-refractivity contribution >= 4 is 23.9 Å². The Balaban J connectivity index is 2.05. The number of carboxylic acid groups (broad SMARTS) is 1. The number of amides is 3. The first-order valence-electron chi connectivity index (χ1n) is 9.64. The number of nitrogens with one attached hydrogen (secondary N) is 1. The zero-order valence-electron chi connectivity index (χ0n) is 17.0.